The summed E-state index contributed by atoms with van der Waals surface area (Å²) in [5, 5.41) is 3.04. The number of nitrogens with one attached hydrogen (secondary N) is 1. The third-order valence-corrected chi connectivity index (χ3v) is 17.7. The number of esters is 1. The Morgan fingerprint density at radius 1 is 0.407 bits per heavy atom. The van der Waals surface area contributed by atoms with Crippen molar-refractivity contribution >= 4 is 19.7 Å². The Labute approximate surface area is 534 Å². The van der Waals surface area contributed by atoms with E-state index in [0.717, 1.165) is 96.3 Å². The molecule has 3 atom stereocenters. The molecule has 9 nitrogen and oxygen atoms in total. The molecule has 1 amide bonds. The summed E-state index contributed by atoms with van der Waals surface area (Å²) in [5.41, 5.74) is 0. The van der Waals surface area contributed by atoms with Crippen LogP contribution in [-0.4, -0.2) is 69.4 Å². The van der Waals surface area contributed by atoms with Gasteiger partial charge < -0.3 is 28.5 Å². The summed E-state index contributed by atoms with van der Waals surface area (Å²) in [4.78, 5) is 40.2. The molecule has 3 unspecified atom stereocenters. The standard InChI is InChI=1S/C76H143N2O7P/c1-7-10-13-16-19-22-25-28-30-32-34-36-37-38-39-40-41-43-45-47-49-51-54-57-60-63-66-69-76(80)85-74(67-64-61-58-55-52-27-24-21-18-15-12-9-3)73(72-84-86(81,82)83-71-70-78(4,5)6)77-75(79)68-65-62-59-56-53-50-48-46-44-42-35-33-31-29-26-23-20-17-14-11-8-2/h20,23,29,31,35,42,46,48,64,67,73-74H,7-19,21-22,24-28,30,32-34,36-41,43-45,47,49-63,65-66,68-72H2,1-6H3,(H-,77,79,81,82)/b23-20-,31-29-,42-35-,48-46-,67-64-. The molecular weight excluding hydrogens is 1080 g/mol. The summed E-state index contributed by atoms with van der Waals surface area (Å²) in [7, 11) is 1.18. The highest BCUT2D eigenvalue weighted by atomic mass is 31.2. The molecule has 0 aromatic carbocycles. The Kier molecular flexibility index (Phi) is 63.9. The predicted molar refractivity (Wildman–Crippen MR) is 372 cm³/mol. The molecule has 0 bridgehead atoms. The molecule has 0 aliphatic heterocycles. The van der Waals surface area contributed by atoms with Gasteiger partial charge in [0.25, 0.3) is 7.82 Å². The van der Waals surface area contributed by atoms with Gasteiger partial charge in [0.2, 0.25) is 5.91 Å². The molecule has 0 radical (unpaired) electrons. The van der Waals surface area contributed by atoms with Crippen LogP contribution in [0.15, 0.2) is 60.8 Å². The van der Waals surface area contributed by atoms with Gasteiger partial charge in [0.1, 0.15) is 19.3 Å². The van der Waals surface area contributed by atoms with Crippen molar-refractivity contribution in [2.75, 3.05) is 40.9 Å². The minimum absolute atomic E-state index is 0.0261. The first-order chi connectivity index (χ1) is 41.9. The molecule has 86 heavy (non-hydrogen) atoms. The lowest BCUT2D eigenvalue weighted by Gasteiger charge is -2.30. The first-order valence-corrected chi connectivity index (χ1v) is 38.6. The fourth-order valence-electron chi connectivity index (χ4n) is 11.0. The fraction of sp³-hybridized carbons (Fsp3) is 0.842. The molecule has 0 aliphatic rings. The smallest absolute Gasteiger partial charge is 0.306 e. The molecule has 0 saturated heterocycles. The number of likely N-dealkylation sites (N-methyl/N-ethyl adjacent to an activating group) is 1. The van der Waals surface area contributed by atoms with Crippen LogP contribution in [0.25, 0.3) is 0 Å². The normalized spacial score (nSPS) is 13.8. The van der Waals surface area contributed by atoms with Crippen molar-refractivity contribution in [3.63, 3.8) is 0 Å². The molecule has 10 heteroatoms. The predicted octanol–water partition coefficient (Wildman–Crippen LogP) is 23.1. The lowest BCUT2D eigenvalue weighted by Crippen LogP contribution is -2.47. The lowest BCUT2D eigenvalue weighted by atomic mass is 10.0. The van der Waals surface area contributed by atoms with E-state index in [2.05, 4.69) is 74.7 Å². The van der Waals surface area contributed by atoms with E-state index < -0.39 is 26.6 Å². The van der Waals surface area contributed by atoms with Crippen molar-refractivity contribution in [1.29, 1.82) is 0 Å². The number of hydrogen-bond donors (Lipinski definition) is 1. The Hall–Kier alpha value is -2.29. The maximum atomic E-state index is 13.6. The third kappa shape index (κ3) is 66.1. The maximum Gasteiger partial charge on any atom is 0.306 e. The van der Waals surface area contributed by atoms with Gasteiger partial charge in [0, 0.05) is 12.8 Å². The monoisotopic (exact) mass is 1230 g/mol. The van der Waals surface area contributed by atoms with Gasteiger partial charge >= 0.3 is 5.97 Å². The van der Waals surface area contributed by atoms with Gasteiger partial charge in [-0.25, -0.2) is 0 Å². The zero-order valence-corrected chi connectivity index (χ0v) is 58.7. The Bertz CT molecular complexity index is 1650. The number of ether oxygens (including phenoxy) is 1. The van der Waals surface area contributed by atoms with Gasteiger partial charge in [-0.3, -0.25) is 14.2 Å². The summed E-state index contributed by atoms with van der Waals surface area (Å²) in [6, 6.07) is -0.899. The molecule has 0 saturated carbocycles. The van der Waals surface area contributed by atoms with E-state index in [1.54, 1.807) is 0 Å². The van der Waals surface area contributed by atoms with Gasteiger partial charge in [-0.2, -0.15) is 0 Å². The van der Waals surface area contributed by atoms with Crippen molar-refractivity contribution in [1.82, 2.24) is 5.32 Å². The van der Waals surface area contributed by atoms with E-state index in [9.17, 15) is 19.0 Å². The Morgan fingerprint density at radius 2 is 0.709 bits per heavy atom. The van der Waals surface area contributed by atoms with Gasteiger partial charge in [-0.05, 0) is 76.7 Å². The van der Waals surface area contributed by atoms with Crippen molar-refractivity contribution in [2.24, 2.45) is 0 Å². The molecule has 504 valence electrons. The highest BCUT2D eigenvalue weighted by Crippen LogP contribution is 2.38. The van der Waals surface area contributed by atoms with E-state index in [4.69, 9.17) is 13.8 Å². The Balaban J connectivity index is 5.01. The zero-order chi connectivity index (χ0) is 62.8. The van der Waals surface area contributed by atoms with E-state index in [1.807, 2.05) is 33.3 Å². The van der Waals surface area contributed by atoms with Gasteiger partial charge in [-0.1, -0.05) is 332 Å². The second-order valence-electron chi connectivity index (χ2n) is 26.5. The van der Waals surface area contributed by atoms with E-state index in [0.29, 0.717) is 17.4 Å². The number of quaternary nitrogens is 1. The summed E-state index contributed by atoms with van der Waals surface area (Å²) < 4.78 is 30.5. The minimum atomic E-state index is -4.71. The Morgan fingerprint density at radius 3 is 1.08 bits per heavy atom. The molecule has 0 rings (SSSR count). The molecule has 1 N–H and O–H groups in total. The number of unbranched alkanes of at least 4 members (excludes halogenated alkanes) is 44. The molecule has 0 aromatic rings. The van der Waals surface area contributed by atoms with Crippen LogP contribution in [0.2, 0.25) is 0 Å². The van der Waals surface area contributed by atoms with E-state index in [-0.39, 0.29) is 24.9 Å². The average Bonchev–Trinajstić information content (AvgIpc) is 3.66. The number of phosphoric acid groups is 1. The molecule has 0 fully saturated rings. The van der Waals surface area contributed by atoms with Crippen LogP contribution in [0.3, 0.4) is 0 Å². The second kappa shape index (κ2) is 65.7. The zero-order valence-electron chi connectivity index (χ0n) is 57.8. The average molecular weight is 1230 g/mol. The number of amides is 1. The molecule has 0 heterocycles. The number of nitrogens with zero attached hydrogens (tertiary/aromatic N) is 1. The maximum absolute atomic E-state index is 13.6. The van der Waals surface area contributed by atoms with Crippen LogP contribution in [0.1, 0.15) is 361 Å². The van der Waals surface area contributed by atoms with Crippen molar-refractivity contribution in [3.8, 4) is 0 Å². The summed E-state index contributed by atoms with van der Waals surface area (Å²) in [6.45, 7) is 6.85. The molecule has 0 spiro atoms. The summed E-state index contributed by atoms with van der Waals surface area (Å²) in [5.74, 6) is -0.547. The largest absolute Gasteiger partial charge is 0.756 e. The number of rotatable bonds is 68. The number of allylic oxidation sites excluding steroid dienone is 9. The van der Waals surface area contributed by atoms with Crippen molar-refractivity contribution < 1.29 is 37.3 Å². The topological polar surface area (TPSA) is 114 Å². The third-order valence-electron chi connectivity index (χ3n) is 16.7. The van der Waals surface area contributed by atoms with Gasteiger partial charge in [0.15, 0.2) is 0 Å². The van der Waals surface area contributed by atoms with E-state index >= 15 is 0 Å². The molecule has 0 aromatic heterocycles. The number of phosphoric ester groups is 1. The van der Waals surface area contributed by atoms with Crippen LogP contribution in [0.4, 0.5) is 0 Å². The number of carbonyl (C=O) groups excluding carboxylic acids is 2. The summed E-state index contributed by atoms with van der Waals surface area (Å²) in [6.07, 6.45) is 85.0. The second-order valence-corrected chi connectivity index (χ2v) is 27.9. The van der Waals surface area contributed by atoms with E-state index in [1.165, 1.54) is 231 Å². The van der Waals surface area contributed by atoms with Crippen LogP contribution in [0, 0.1) is 0 Å². The summed E-state index contributed by atoms with van der Waals surface area (Å²) >= 11 is 0. The minimum Gasteiger partial charge on any atom is -0.756 e. The first-order valence-electron chi connectivity index (χ1n) is 37.1. The van der Waals surface area contributed by atoms with Gasteiger partial charge in [-0.15, -0.1) is 0 Å². The van der Waals surface area contributed by atoms with Gasteiger partial charge in [0.05, 0.1) is 33.8 Å². The number of hydrogen-bond acceptors (Lipinski definition) is 7. The van der Waals surface area contributed by atoms with Crippen molar-refractivity contribution in [3.05, 3.63) is 60.8 Å². The molecule has 0 aliphatic carbocycles. The van der Waals surface area contributed by atoms with Crippen LogP contribution >= 0.6 is 7.82 Å². The highest BCUT2D eigenvalue weighted by Gasteiger charge is 2.27. The van der Waals surface area contributed by atoms with Crippen LogP contribution in [-0.2, 0) is 27.9 Å². The van der Waals surface area contributed by atoms with Crippen LogP contribution < -0.4 is 10.2 Å². The highest BCUT2D eigenvalue weighted by molar-refractivity contribution is 7.45. The lowest BCUT2D eigenvalue weighted by molar-refractivity contribution is -0.870. The first kappa shape index (κ1) is 83.7. The quantitative estimate of drug-likeness (QED) is 0.0212. The fourth-order valence-corrected chi connectivity index (χ4v) is 11.7. The molecular formula is C76H143N2O7P. The van der Waals surface area contributed by atoms with Crippen LogP contribution in [0.5, 0.6) is 0 Å². The SMILES string of the molecule is CCCCC/C=C\C/C=C\C/C=C\C/C=C\CCCCCCCC(=O)NC(COP(=O)([O-])OCC[N+](C)(C)C)C(/C=C\CCCCCCCCCCCC)OC(=O)CCCCCCCCCCCCCCCCCCCCCCCCCCCCC. The van der Waals surface area contributed by atoms with Crippen molar-refractivity contribution in [2.45, 2.75) is 373 Å². The number of carbonyl (C=O) groups is 2.